The minimum atomic E-state index is -1.04. The highest BCUT2D eigenvalue weighted by atomic mass is 32.2. The molecule has 1 aromatic carbocycles. The van der Waals surface area contributed by atoms with Crippen LogP contribution < -0.4 is 5.73 Å². The van der Waals surface area contributed by atoms with Gasteiger partial charge in [0.25, 0.3) is 0 Å². The molecule has 0 radical (unpaired) electrons. The van der Waals surface area contributed by atoms with Crippen LogP contribution >= 0.6 is 0 Å². The first-order valence-electron chi connectivity index (χ1n) is 5.85. The third-order valence-electron chi connectivity index (χ3n) is 2.59. The van der Waals surface area contributed by atoms with Crippen LogP contribution in [0.2, 0.25) is 0 Å². The van der Waals surface area contributed by atoms with Gasteiger partial charge in [0, 0.05) is 18.0 Å². The molecule has 0 saturated heterocycles. The standard InChI is InChI=1S/C13H21NO2S/c1-4-16-12(8-14)9-17(15)13-7-10(2)5-6-11(13)3/h5-7,12H,4,8-9,14H2,1-3H3. The lowest BCUT2D eigenvalue weighted by Crippen LogP contribution is -2.29. The second kappa shape index (κ2) is 6.89. The average Bonchev–Trinajstić information content (AvgIpc) is 2.31. The maximum atomic E-state index is 12.2. The van der Waals surface area contributed by atoms with Gasteiger partial charge in [-0.3, -0.25) is 4.21 Å². The molecule has 0 aromatic heterocycles. The number of rotatable bonds is 6. The van der Waals surface area contributed by atoms with Gasteiger partial charge in [0.15, 0.2) is 0 Å². The fourth-order valence-corrected chi connectivity index (χ4v) is 3.13. The van der Waals surface area contributed by atoms with E-state index in [0.29, 0.717) is 18.9 Å². The molecule has 17 heavy (non-hydrogen) atoms. The van der Waals surface area contributed by atoms with Crippen molar-refractivity contribution in [3.63, 3.8) is 0 Å². The Kier molecular flexibility index (Phi) is 5.82. The Morgan fingerprint density at radius 2 is 2.12 bits per heavy atom. The number of benzene rings is 1. The summed E-state index contributed by atoms with van der Waals surface area (Å²) in [5, 5.41) is 0. The predicted octanol–water partition coefficient (Wildman–Crippen LogP) is 1.77. The van der Waals surface area contributed by atoms with Crippen molar-refractivity contribution in [2.24, 2.45) is 5.73 Å². The smallest absolute Gasteiger partial charge is 0.0815 e. The molecule has 0 bridgehead atoms. The van der Waals surface area contributed by atoms with Crippen LogP contribution in [0.5, 0.6) is 0 Å². The van der Waals surface area contributed by atoms with Crippen LogP contribution in [-0.4, -0.2) is 29.2 Å². The van der Waals surface area contributed by atoms with Crippen LogP contribution in [0.15, 0.2) is 23.1 Å². The molecule has 1 rings (SSSR count). The van der Waals surface area contributed by atoms with Crippen LogP contribution in [0.3, 0.4) is 0 Å². The van der Waals surface area contributed by atoms with Gasteiger partial charge in [-0.05, 0) is 38.0 Å². The fraction of sp³-hybridized carbons (Fsp3) is 0.538. The van der Waals surface area contributed by atoms with Crippen molar-refractivity contribution in [1.29, 1.82) is 0 Å². The van der Waals surface area contributed by atoms with Gasteiger partial charge in [-0.1, -0.05) is 12.1 Å². The summed E-state index contributed by atoms with van der Waals surface area (Å²) in [4.78, 5) is 0.892. The van der Waals surface area contributed by atoms with Gasteiger partial charge >= 0.3 is 0 Å². The van der Waals surface area contributed by atoms with Crippen LogP contribution in [0.1, 0.15) is 18.1 Å². The largest absolute Gasteiger partial charge is 0.376 e. The maximum absolute atomic E-state index is 12.2. The Hall–Kier alpha value is -0.710. The van der Waals surface area contributed by atoms with E-state index >= 15 is 0 Å². The lowest BCUT2D eigenvalue weighted by molar-refractivity contribution is 0.0852. The van der Waals surface area contributed by atoms with Gasteiger partial charge in [-0.15, -0.1) is 0 Å². The van der Waals surface area contributed by atoms with E-state index in [4.69, 9.17) is 10.5 Å². The first-order chi connectivity index (χ1) is 8.08. The minimum absolute atomic E-state index is 0.124. The van der Waals surface area contributed by atoms with Crippen molar-refractivity contribution >= 4 is 10.8 Å². The molecule has 0 aliphatic carbocycles. The Bertz CT molecular complexity index is 393. The van der Waals surface area contributed by atoms with E-state index in [-0.39, 0.29) is 6.10 Å². The Morgan fingerprint density at radius 1 is 1.41 bits per heavy atom. The van der Waals surface area contributed by atoms with Gasteiger partial charge in [-0.25, -0.2) is 0 Å². The van der Waals surface area contributed by atoms with Crippen molar-refractivity contribution in [3.8, 4) is 0 Å². The minimum Gasteiger partial charge on any atom is -0.376 e. The third kappa shape index (κ3) is 4.22. The van der Waals surface area contributed by atoms with Crippen molar-refractivity contribution < 1.29 is 8.95 Å². The number of nitrogens with two attached hydrogens (primary N) is 1. The first-order valence-corrected chi connectivity index (χ1v) is 7.17. The monoisotopic (exact) mass is 255 g/mol. The molecule has 0 aliphatic rings. The summed E-state index contributed by atoms with van der Waals surface area (Å²) in [5.74, 6) is 0.467. The van der Waals surface area contributed by atoms with Crippen LogP contribution in [0.4, 0.5) is 0 Å². The van der Waals surface area contributed by atoms with Gasteiger partial charge in [0.2, 0.25) is 0 Å². The average molecular weight is 255 g/mol. The molecule has 4 heteroatoms. The van der Waals surface area contributed by atoms with E-state index in [9.17, 15) is 4.21 Å². The number of hydrogen-bond acceptors (Lipinski definition) is 3. The molecular formula is C13H21NO2S. The third-order valence-corrected chi connectivity index (χ3v) is 4.20. The SMILES string of the molecule is CCOC(CN)CS(=O)c1cc(C)ccc1C. The van der Waals surface area contributed by atoms with E-state index < -0.39 is 10.8 Å². The molecule has 0 amide bonds. The summed E-state index contributed by atoms with van der Waals surface area (Å²) in [6.07, 6.45) is -0.124. The maximum Gasteiger partial charge on any atom is 0.0815 e. The molecule has 0 saturated carbocycles. The molecule has 0 fully saturated rings. The van der Waals surface area contributed by atoms with E-state index in [1.54, 1.807) is 0 Å². The molecule has 1 aromatic rings. The normalized spacial score (nSPS) is 14.6. The summed E-state index contributed by atoms with van der Waals surface area (Å²) >= 11 is 0. The van der Waals surface area contributed by atoms with Crippen molar-refractivity contribution in [3.05, 3.63) is 29.3 Å². The molecule has 2 N–H and O–H groups in total. The van der Waals surface area contributed by atoms with E-state index in [1.807, 2.05) is 39.0 Å². The second-order valence-electron chi connectivity index (χ2n) is 4.09. The van der Waals surface area contributed by atoms with Crippen LogP contribution in [0.25, 0.3) is 0 Å². The Morgan fingerprint density at radius 3 is 2.71 bits per heavy atom. The molecular weight excluding hydrogens is 234 g/mol. The highest BCUT2D eigenvalue weighted by molar-refractivity contribution is 7.85. The molecule has 96 valence electrons. The lowest BCUT2D eigenvalue weighted by atomic mass is 10.2. The van der Waals surface area contributed by atoms with Crippen LogP contribution in [-0.2, 0) is 15.5 Å². The first kappa shape index (κ1) is 14.4. The van der Waals surface area contributed by atoms with Crippen LogP contribution in [0, 0.1) is 13.8 Å². The zero-order chi connectivity index (χ0) is 12.8. The number of ether oxygens (including phenoxy) is 1. The summed E-state index contributed by atoms with van der Waals surface area (Å²) < 4.78 is 17.7. The van der Waals surface area contributed by atoms with Crippen molar-refractivity contribution in [2.75, 3.05) is 18.9 Å². The molecule has 3 nitrogen and oxygen atoms in total. The van der Waals surface area contributed by atoms with Gasteiger partial charge < -0.3 is 10.5 Å². The highest BCUT2D eigenvalue weighted by Gasteiger charge is 2.14. The van der Waals surface area contributed by atoms with Gasteiger partial charge in [0.1, 0.15) is 0 Å². The van der Waals surface area contributed by atoms with E-state index in [1.165, 1.54) is 0 Å². The zero-order valence-electron chi connectivity index (χ0n) is 10.7. The summed E-state index contributed by atoms with van der Waals surface area (Å²) in [5.41, 5.74) is 7.78. The quantitative estimate of drug-likeness (QED) is 0.843. The highest BCUT2D eigenvalue weighted by Crippen LogP contribution is 2.16. The Balaban J connectivity index is 2.78. The molecule has 2 unspecified atom stereocenters. The van der Waals surface area contributed by atoms with Crippen molar-refractivity contribution in [1.82, 2.24) is 0 Å². The predicted molar refractivity (Wildman–Crippen MR) is 71.7 cm³/mol. The molecule has 0 heterocycles. The number of aryl methyl sites for hydroxylation is 2. The lowest BCUT2D eigenvalue weighted by Gasteiger charge is -2.15. The van der Waals surface area contributed by atoms with E-state index in [2.05, 4.69) is 0 Å². The van der Waals surface area contributed by atoms with E-state index in [0.717, 1.165) is 16.0 Å². The molecule has 0 aliphatic heterocycles. The van der Waals surface area contributed by atoms with Gasteiger partial charge in [0.05, 0.1) is 22.7 Å². The van der Waals surface area contributed by atoms with Gasteiger partial charge in [-0.2, -0.15) is 0 Å². The Labute approximate surface area is 106 Å². The molecule has 2 atom stereocenters. The second-order valence-corrected chi connectivity index (χ2v) is 5.56. The molecule has 0 spiro atoms. The summed E-state index contributed by atoms with van der Waals surface area (Å²) in [7, 11) is -1.04. The summed E-state index contributed by atoms with van der Waals surface area (Å²) in [6, 6.07) is 6.00. The zero-order valence-corrected chi connectivity index (χ0v) is 11.5. The number of hydrogen-bond donors (Lipinski definition) is 1. The fourth-order valence-electron chi connectivity index (χ4n) is 1.63. The summed E-state index contributed by atoms with van der Waals surface area (Å²) in [6.45, 7) is 6.91. The van der Waals surface area contributed by atoms with Crippen molar-refractivity contribution in [2.45, 2.75) is 31.8 Å². The topological polar surface area (TPSA) is 52.3 Å².